The monoisotopic (exact) mass is 340 g/mol. The second kappa shape index (κ2) is 6.00. The van der Waals surface area contributed by atoms with Crippen LogP contribution in [-0.2, 0) is 0 Å². The number of anilines is 1. The van der Waals surface area contributed by atoms with Gasteiger partial charge in [-0.15, -0.1) is 0 Å². The van der Waals surface area contributed by atoms with Gasteiger partial charge in [0.1, 0.15) is 10.8 Å². The SMILES string of the molecule is NNc1cc([N+](=O)[O-])cc(Sc2ccc(Br)cc2)n1. The molecular weight excluding hydrogens is 332 g/mol. The molecule has 1 heterocycles. The molecule has 2 aromatic rings. The van der Waals surface area contributed by atoms with Gasteiger partial charge in [0, 0.05) is 15.4 Å². The Morgan fingerprint density at radius 2 is 2.00 bits per heavy atom. The van der Waals surface area contributed by atoms with Crippen LogP contribution in [0.4, 0.5) is 11.5 Å². The summed E-state index contributed by atoms with van der Waals surface area (Å²) in [7, 11) is 0. The number of aromatic nitrogens is 1. The summed E-state index contributed by atoms with van der Waals surface area (Å²) in [5.41, 5.74) is 2.27. The quantitative estimate of drug-likeness (QED) is 0.504. The minimum atomic E-state index is -0.478. The zero-order valence-corrected chi connectivity index (χ0v) is 11.9. The molecule has 0 bridgehead atoms. The van der Waals surface area contributed by atoms with Gasteiger partial charge >= 0.3 is 0 Å². The molecule has 0 saturated carbocycles. The molecule has 1 aromatic carbocycles. The Morgan fingerprint density at radius 1 is 1.32 bits per heavy atom. The summed E-state index contributed by atoms with van der Waals surface area (Å²) < 4.78 is 0.966. The summed E-state index contributed by atoms with van der Waals surface area (Å²) in [4.78, 5) is 15.4. The van der Waals surface area contributed by atoms with Crippen LogP contribution in [0.5, 0.6) is 0 Å². The van der Waals surface area contributed by atoms with Crippen LogP contribution in [-0.4, -0.2) is 9.91 Å². The van der Waals surface area contributed by atoms with E-state index in [0.717, 1.165) is 9.37 Å². The van der Waals surface area contributed by atoms with Crippen LogP contribution >= 0.6 is 27.7 Å². The molecule has 0 atom stereocenters. The van der Waals surface area contributed by atoms with Crippen LogP contribution < -0.4 is 11.3 Å². The Hall–Kier alpha value is -1.64. The third-order valence-corrected chi connectivity index (χ3v) is 3.64. The van der Waals surface area contributed by atoms with Crippen molar-refractivity contribution in [2.75, 3.05) is 5.43 Å². The first kappa shape index (κ1) is 13.8. The number of hydrogen-bond donors (Lipinski definition) is 2. The third-order valence-electron chi connectivity index (χ3n) is 2.18. The number of benzene rings is 1. The van der Waals surface area contributed by atoms with Gasteiger partial charge < -0.3 is 5.43 Å². The molecule has 3 N–H and O–H groups in total. The van der Waals surface area contributed by atoms with Crippen molar-refractivity contribution >= 4 is 39.2 Å². The fourth-order valence-electron chi connectivity index (χ4n) is 1.35. The van der Waals surface area contributed by atoms with Gasteiger partial charge in [0.15, 0.2) is 0 Å². The first-order valence-electron chi connectivity index (χ1n) is 5.15. The maximum Gasteiger partial charge on any atom is 0.275 e. The lowest BCUT2D eigenvalue weighted by molar-refractivity contribution is -0.385. The highest BCUT2D eigenvalue weighted by molar-refractivity contribution is 9.10. The fourth-order valence-corrected chi connectivity index (χ4v) is 2.45. The molecule has 0 fully saturated rings. The highest BCUT2D eigenvalue weighted by atomic mass is 79.9. The van der Waals surface area contributed by atoms with E-state index in [1.54, 1.807) is 0 Å². The van der Waals surface area contributed by atoms with Gasteiger partial charge in [0.2, 0.25) is 0 Å². The van der Waals surface area contributed by atoms with Gasteiger partial charge in [-0.1, -0.05) is 27.7 Å². The van der Waals surface area contributed by atoms with Crippen LogP contribution in [0.3, 0.4) is 0 Å². The molecule has 2 rings (SSSR count). The number of nitrogens with one attached hydrogen (secondary N) is 1. The van der Waals surface area contributed by atoms with Crippen LogP contribution in [0.15, 0.2) is 50.8 Å². The van der Waals surface area contributed by atoms with Crippen LogP contribution in [0.25, 0.3) is 0 Å². The molecule has 0 aliphatic rings. The minimum absolute atomic E-state index is 0.0532. The largest absolute Gasteiger partial charge is 0.308 e. The molecule has 0 spiro atoms. The number of hydrogen-bond acceptors (Lipinski definition) is 6. The van der Waals surface area contributed by atoms with Crippen molar-refractivity contribution in [3.63, 3.8) is 0 Å². The number of nitrogens with zero attached hydrogens (tertiary/aromatic N) is 2. The highest BCUT2D eigenvalue weighted by Crippen LogP contribution is 2.30. The van der Waals surface area contributed by atoms with Crippen molar-refractivity contribution in [3.8, 4) is 0 Å². The van der Waals surface area contributed by atoms with Gasteiger partial charge in [-0.3, -0.25) is 10.1 Å². The van der Waals surface area contributed by atoms with Crippen LogP contribution in [0.1, 0.15) is 0 Å². The number of halogens is 1. The lowest BCUT2D eigenvalue weighted by Crippen LogP contribution is -2.09. The molecule has 0 aliphatic carbocycles. The zero-order valence-electron chi connectivity index (χ0n) is 9.54. The van der Waals surface area contributed by atoms with Crippen LogP contribution in [0, 0.1) is 10.1 Å². The van der Waals surface area contributed by atoms with E-state index < -0.39 is 4.92 Å². The lowest BCUT2D eigenvalue weighted by Gasteiger charge is -2.04. The molecule has 0 unspecified atom stereocenters. The molecule has 19 heavy (non-hydrogen) atoms. The van der Waals surface area contributed by atoms with E-state index in [-0.39, 0.29) is 11.5 Å². The van der Waals surface area contributed by atoms with E-state index >= 15 is 0 Å². The molecule has 6 nitrogen and oxygen atoms in total. The summed E-state index contributed by atoms with van der Waals surface area (Å²) in [5.74, 6) is 5.51. The van der Waals surface area contributed by atoms with E-state index in [2.05, 4.69) is 26.3 Å². The molecule has 0 aliphatic heterocycles. The van der Waals surface area contributed by atoms with Gasteiger partial charge in [0.25, 0.3) is 5.69 Å². The summed E-state index contributed by atoms with van der Waals surface area (Å²) in [6.45, 7) is 0. The molecule has 1 aromatic heterocycles. The fraction of sp³-hybridized carbons (Fsp3) is 0. The van der Waals surface area contributed by atoms with E-state index in [1.807, 2.05) is 24.3 Å². The second-order valence-electron chi connectivity index (χ2n) is 3.51. The lowest BCUT2D eigenvalue weighted by atomic mass is 10.4. The average Bonchev–Trinajstić information content (AvgIpc) is 2.41. The van der Waals surface area contributed by atoms with Crippen LogP contribution in [0.2, 0.25) is 0 Å². The maximum absolute atomic E-state index is 10.8. The smallest absolute Gasteiger partial charge is 0.275 e. The molecule has 98 valence electrons. The Labute approximate surface area is 121 Å². The van der Waals surface area contributed by atoms with Gasteiger partial charge in [-0.2, -0.15) is 0 Å². The summed E-state index contributed by atoms with van der Waals surface area (Å²) in [6.07, 6.45) is 0. The Morgan fingerprint density at radius 3 is 2.58 bits per heavy atom. The van der Waals surface area contributed by atoms with Crippen molar-refractivity contribution in [3.05, 3.63) is 51.0 Å². The molecule has 0 radical (unpaired) electrons. The summed E-state index contributed by atoms with van der Waals surface area (Å²) >= 11 is 4.67. The average molecular weight is 341 g/mol. The van der Waals surface area contributed by atoms with Crippen molar-refractivity contribution in [1.82, 2.24) is 4.98 Å². The zero-order chi connectivity index (χ0) is 13.8. The topological polar surface area (TPSA) is 94.1 Å². The second-order valence-corrected chi connectivity index (χ2v) is 5.52. The minimum Gasteiger partial charge on any atom is -0.308 e. The Balaban J connectivity index is 2.31. The van der Waals surface area contributed by atoms with Gasteiger partial charge in [-0.05, 0) is 24.3 Å². The molecule has 0 saturated heterocycles. The Kier molecular flexibility index (Phi) is 4.35. The van der Waals surface area contributed by atoms with Gasteiger partial charge in [-0.25, -0.2) is 10.8 Å². The number of nitrogen functional groups attached to an aromatic ring is 1. The Bertz CT molecular complexity index is 606. The van der Waals surface area contributed by atoms with Gasteiger partial charge in [0.05, 0.1) is 11.0 Å². The number of nitro groups is 1. The van der Waals surface area contributed by atoms with E-state index in [4.69, 9.17) is 5.84 Å². The predicted molar refractivity (Wildman–Crippen MR) is 77.0 cm³/mol. The van der Waals surface area contributed by atoms with Crippen molar-refractivity contribution < 1.29 is 4.92 Å². The van der Waals surface area contributed by atoms with E-state index in [0.29, 0.717) is 5.03 Å². The number of nitrogens with two attached hydrogens (primary N) is 1. The maximum atomic E-state index is 10.8. The first-order valence-corrected chi connectivity index (χ1v) is 6.76. The summed E-state index contributed by atoms with van der Waals surface area (Å²) in [5, 5.41) is 11.3. The molecular formula is C11H9BrN4O2S. The first-order chi connectivity index (χ1) is 9.08. The summed E-state index contributed by atoms with van der Waals surface area (Å²) in [6, 6.07) is 10.3. The third kappa shape index (κ3) is 3.66. The predicted octanol–water partition coefficient (Wildman–Crippen LogP) is 3.19. The standard InChI is InChI=1S/C11H9BrN4O2S/c12-7-1-3-9(4-2-7)19-11-6-8(16(17)18)5-10(14-11)15-13/h1-6H,13H2,(H,14,15). The van der Waals surface area contributed by atoms with Crippen molar-refractivity contribution in [2.24, 2.45) is 5.84 Å². The number of hydrazine groups is 1. The van der Waals surface area contributed by atoms with E-state index in [1.165, 1.54) is 23.9 Å². The number of rotatable bonds is 4. The van der Waals surface area contributed by atoms with Crippen molar-refractivity contribution in [2.45, 2.75) is 9.92 Å². The number of pyridine rings is 1. The van der Waals surface area contributed by atoms with Crippen molar-refractivity contribution in [1.29, 1.82) is 0 Å². The molecule has 0 amide bonds. The molecule has 8 heteroatoms. The van der Waals surface area contributed by atoms with E-state index in [9.17, 15) is 10.1 Å². The highest BCUT2D eigenvalue weighted by Gasteiger charge is 2.11. The normalized spacial score (nSPS) is 10.2.